The molecule has 0 aliphatic carbocycles. The molecule has 152 valence electrons. The SMILES string of the molecule is C[C@H]1O[C@@H](Oc2ccc(-c3coc4cc(O)ccc4c3=O)cc2)[C@H](O)[C@@H](O)[C@@H]1O. The number of phenols is 1. The van der Waals surface area contributed by atoms with Gasteiger partial charge in [0.15, 0.2) is 5.43 Å². The van der Waals surface area contributed by atoms with Crippen molar-refractivity contribution in [2.75, 3.05) is 0 Å². The molecule has 3 aromatic rings. The molecule has 2 aromatic carbocycles. The van der Waals surface area contributed by atoms with E-state index in [0.29, 0.717) is 22.3 Å². The summed E-state index contributed by atoms with van der Waals surface area (Å²) in [6, 6.07) is 10.8. The van der Waals surface area contributed by atoms with E-state index < -0.39 is 30.7 Å². The molecule has 0 unspecified atom stereocenters. The van der Waals surface area contributed by atoms with Crippen LogP contribution in [0.15, 0.2) is 57.9 Å². The molecule has 0 saturated carbocycles. The average Bonchev–Trinajstić information content (AvgIpc) is 2.71. The van der Waals surface area contributed by atoms with Crippen LogP contribution in [0.3, 0.4) is 0 Å². The highest BCUT2D eigenvalue weighted by Crippen LogP contribution is 2.27. The van der Waals surface area contributed by atoms with Crippen LogP contribution in [0.4, 0.5) is 0 Å². The van der Waals surface area contributed by atoms with Crippen molar-refractivity contribution in [1.82, 2.24) is 0 Å². The highest BCUT2D eigenvalue weighted by molar-refractivity contribution is 5.82. The van der Waals surface area contributed by atoms with E-state index in [-0.39, 0.29) is 16.8 Å². The van der Waals surface area contributed by atoms with Crippen molar-refractivity contribution < 1.29 is 34.3 Å². The van der Waals surface area contributed by atoms with Crippen LogP contribution < -0.4 is 10.2 Å². The Hall–Kier alpha value is -2.91. The summed E-state index contributed by atoms with van der Waals surface area (Å²) in [6.45, 7) is 1.57. The van der Waals surface area contributed by atoms with Crippen molar-refractivity contribution in [1.29, 1.82) is 0 Å². The van der Waals surface area contributed by atoms with E-state index in [1.165, 1.54) is 24.5 Å². The Morgan fingerprint density at radius 2 is 1.69 bits per heavy atom. The van der Waals surface area contributed by atoms with Crippen molar-refractivity contribution in [3.8, 4) is 22.6 Å². The molecule has 4 N–H and O–H groups in total. The molecule has 0 radical (unpaired) electrons. The fourth-order valence-electron chi connectivity index (χ4n) is 3.27. The summed E-state index contributed by atoms with van der Waals surface area (Å²) >= 11 is 0. The Morgan fingerprint density at radius 1 is 0.966 bits per heavy atom. The number of ether oxygens (including phenoxy) is 2. The zero-order valence-electron chi connectivity index (χ0n) is 15.4. The molecule has 1 saturated heterocycles. The first-order chi connectivity index (χ1) is 13.8. The molecule has 4 rings (SSSR count). The third kappa shape index (κ3) is 3.58. The lowest BCUT2D eigenvalue weighted by molar-refractivity contribution is -0.268. The minimum atomic E-state index is -1.41. The lowest BCUT2D eigenvalue weighted by atomic mass is 10.00. The standard InChI is InChI=1S/C21H20O8/c1-10-17(23)19(25)20(26)21(28-10)29-13-5-2-11(3-6-13)15-9-27-16-8-12(22)4-7-14(16)18(15)24/h2-10,17,19-23,25-26H,1H3/t10-,17-,19+,20-,21+/m1/s1. The van der Waals surface area contributed by atoms with Crippen molar-refractivity contribution in [2.45, 2.75) is 37.6 Å². The fraction of sp³-hybridized carbons (Fsp3) is 0.286. The number of hydrogen-bond acceptors (Lipinski definition) is 8. The minimum Gasteiger partial charge on any atom is -0.508 e. The Bertz CT molecular complexity index is 1070. The van der Waals surface area contributed by atoms with Gasteiger partial charge < -0.3 is 34.3 Å². The molecule has 1 fully saturated rings. The Kier molecular flexibility index (Phi) is 5.01. The van der Waals surface area contributed by atoms with Crippen LogP contribution in [-0.2, 0) is 4.74 Å². The van der Waals surface area contributed by atoms with E-state index in [4.69, 9.17) is 13.9 Å². The second-order valence-corrected chi connectivity index (χ2v) is 6.98. The first-order valence-corrected chi connectivity index (χ1v) is 9.06. The monoisotopic (exact) mass is 400 g/mol. The van der Waals surface area contributed by atoms with E-state index in [2.05, 4.69) is 0 Å². The molecule has 0 spiro atoms. The lowest BCUT2D eigenvalue weighted by Crippen LogP contribution is -2.58. The second kappa shape index (κ2) is 7.49. The molecule has 1 aliphatic heterocycles. The maximum Gasteiger partial charge on any atom is 0.229 e. The van der Waals surface area contributed by atoms with Crippen LogP contribution in [0.2, 0.25) is 0 Å². The molecule has 5 atom stereocenters. The normalized spacial score (nSPS) is 27.1. The van der Waals surface area contributed by atoms with Crippen LogP contribution in [0.1, 0.15) is 6.92 Å². The summed E-state index contributed by atoms with van der Waals surface area (Å²) in [6.07, 6.45) is -4.53. The third-order valence-electron chi connectivity index (χ3n) is 4.98. The topological polar surface area (TPSA) is 130 Å². The van der Waals surface area contributed by atoms with E-state index in [0.717, 1.165) is 0 Å². The minimum absolute atomic E-state index is 0.00831. The van der Waals surface area contributed by atoms with Crippen LogP contribution >= 0.6 is 0 Å². The second-order valence-electron chi connectivity index (χ2n) is 6.98. The van der Waals surface area contributed by atoms with Gasteiger partial charge in [-0.2, -0.15) is 0 Å². The summed E-state index contributed by atoms with van der Waals surface area (Å²) in [5.41, 5.74) is 0.986. The van der Waals surface area contributed by atoms with Gasteiger partial charge in [0.1, 0.15) is 41.7 Å². The summed E-state index contributed by atoms with van der Waals surface area (Å²) in [4.78, 5) is 12.7. The quantitative estimate of drug-likeness (QED) is 0.519. The van der Waals surface area contributed by atoms with Gasteiger partial charge in [0.25, 0.3) is 0 Å². The predicted molar refractivity (Wildman–Crippen MR) is 103 cm³/mol. The van der Waals surface area contributed by atoms with Gasteiger partial charge in [-0.3, -0.25) is 4.79 Å². The van der Waals surface area contributed by atoms with Gasteiger partial charge in [-0.25, -0.2) is 0 Å². The largest absolute Gasteiger partial charge is 0.508 e. The zero-order chi connectivity index (χ0) is 20.7. The Balaban J connectivity index is 1.57. The first-order valence-electron chi connectivity index (χ1n) is 9.06. The fourth-order valence-corrected chi connectivity index (χ4v) is 3.27. The van der Waals surface area contributed by atoms with Crippen LogP contribution in [0.5, 0.6) is 11.5 Å². The van der Waals surface area contributed by atoms with E-state index in [1.807, 2.05) is 0 Å². The average molecular weight is 400 g/mol. The molecular formula is C21H20O8. The van der Waals surface area contributed by atoms with Gasteiger partial charge in [0.2, 0.25) is 6.29 Å². The van der Waals surface area contributed by atoms with Gasteiger partial charge in [-0.15, -0.1) is 0 Å². The molecule has 1 aromatic heterocycles. The molecule has 29 heavy (non-hydrogen) atoms. The van der Waals surface area contributed by atoms with Crippen molar-refractivity contribution >= 4 is 11.0 Å². The zero-order valence-corrected chi connectivity index (χ0v) is 15.4. The molecule has 2 heterocycles. The number of benzene rings is 2. The predicted octanol–water partition coefficient (Wildman–Crippen LogP) is 1.37. The van der Waals surface area contributed by atoms with E-state index in [1.54, 1.807) is 31.2 Å². The number of aromatic hydroxyl groups is 1. The van der Waals surface area contributed by atoms with Crippen LogP contribution in [-0.4, -0.2) is 51.1 Å². The smallest absolute Gasteiger partial charge is 0.229 e. The number of aliphatic hydroxyl groups excluding tert-OH is 3. The first kappa shape index (κ1) is 19.4. The molecule has 8 heteroatoms. The number of hydrogen-bond donors (Lipinski definition) is 4. The molecule has 1 aliphatic rings. The lowest BCUT2D eigenvalue weighted by Gasteiger charge is -2.38. The number of aliphatic hydroxyl groups is 3. The summed E-state index contributed by atoms with van der Waals surface area (Å²) in [5.74, 6) is 0.359. The molecule has 0 amide bonds. The van der Waals surface area contributed by atoms with Gasteiger partial charge in [0, 0.05) is 6.07 Å². The maximum absolute atomic E-state index is 12.7. The van der Waals surface area contributed by atoms with E-state index in [9.17, 15) is 25.2 Å². The molecule has 0 bridgehead atoms. The Morgan fingerprint density at radius 3 is 2.41 bits per heavy atom. The van der Waals surface area contributed by atoms with Crippen molar-refractivity contribution in [3.63, 3.8) is 0 Å². The van der Waals surface area contributed by atoms with Gasteiger partial charge in [0.05, 0.1) is 17.1 Å². The third-order valence-corrected chi connectivity index (χ3v) is 4.98. The van der Waals surface area contributed by atoms with Crippen LogP contribution in [0.25, 0.3) is 22.1 Å². The molecular weight excluding hydrogens is 380 g/mol. The maximum atomic E-state index is 12.7. The highest BCUT2D eigenvalue weighted by atomic mass is 16.7. The number of rotatable bonds is 3. The van der Waals surface area contributed by atoms with Gasteiger partial charge in [-0.05, 0) is 36.8 Å². The summed E-state index contributed by atoms with van der Waals surface area (Å²) in [7, 11) is 0. The van der Waals surface area contributed by atoms with Gasteiger partial charge >= 0.3 is 0 Å². The van der Waals surface area contributed by atoms with Crippen LogP contribution in [0, 0.1) is 0 Å². The van der Waals surface area contributed by atoms with Crippen molar-refractivity contribution in [3.05, 3.63) is 59.0 Å². The summed E-state index contributed by atoms with van der Waals surface area (Å²) < 4.78 is 16.5. The number of fused-ring (bicyclic) bond motifs is 1. The van der Waals surface area contributed by atoms with Gasteiger partial charge in [-0.1, -0.05) is 12.1 Å². The van der Waals surface area contributed by atoms with E-state index >= 15 is 0 Å². The number of phenolic OH excluding ortho intramolecular Hbond substituents is 1. The molecule has 8 nitrogen and oxygen atoms in total. The van der Waals surface area contributed by atoms with Crippen molar-refractivity contribution in [2.24, 2.45) is 0 Å². The highest BCUT2D eigenvalue weighted by Gasteiger charge is 2.43. The summed E-state index contributed by atoms with van der Waals surface area (Å²) in [5, 5.41) is 39.5. The Labute approximate surface area is 165 Å².